The van der Waals surface area contributed by atoms with Crippen LogP contribution in [0, 0.1) is 0 Å². The number of aryl methyl sites for hydroxylation is 1. The average molecular weight is 913 g/mol. The number of benzene rings is 1. The van der Waals surface area contributed by atoms with E-state index in [0.717, 1.165) is 32.1 Å². The first-order valence-corrected chi connectivity index (χ1v) is 24.8. The molecule has 1 saturated heterocycles. The SMILES string of the molecule is C[N+](C)(C)CCOP(=O)([O-])OCCCCCCCCCCCCCCCCCCc1ccc(NC(=O)CN2CCN(CC(=O)O)CCN(CC(=O)O)CCN(CC(=O)O)CC2)cc1. The lowest BCUT2D eigenvalue weighted by atomic mass is 10.0. The Morgan fingerprint density at radius 3 is 1.25 bits per heavy atom. The van der Waals surface area contributed by atoms with Crippen LogP contribution < -0.4 is 10.2 Å². The third kappa shape index (κ3) is 31.5. The van der Waals surface area contributed by atoms with Gasteiger partial charge in [-0.1, -0.05) is 102 Å². The van der Waals surface area contributed by atoms with E-state index in [0.29, 0.717) is 69.1 Å². The number of carbonyl (C=O) groups excluding carboxylic acids is 1. The van der Waals surface area contributed by atoms with Gasteiger partial charge >= 0.3 is 17.9 Å². The minimum Gasteiger partial charge on any atom is -0.756 e. The van der Waals surface area contributed by atoms with E-state index in [-0.39, 0.29) is 45.3 Å². The number of anilines is 1. The standard InChI is InChI=1S/C45H81N6O11P/c1-51(2,3)33-35-62-63(59,60)61-34-19-17-15-13-11-9-7-5-4-6-8-10-12-14-16-18-20-40-21-23-41(24-22-40)46-42(52)36-47-25-27-48(37-43(53)54)29-31-50(39-45(57)58)32-30-49(28-26-47)38-44(55)56/h21-24H,4-20,25-39H2,1-3H3,(H4-,46,52,53,54,55,56,57,58,59,60). The molecule has 1 amide bonds. The van der Waals surface area contributed by atoms with Crippen molar-refractivity contribution in [2.24, 2.45) is 0 Å². The van der Waals surface area contributed by atoms with Gasteiger partial charge in [-0.05, 0) is 37.0 Å². The number of hydrogen-bond donors (Lipinski definition) is 4. The van der Waals surface area contributed by atoms with Crippen molar-refractivity contribution in [3.63, 3.8) is 0 Å². The summed E-state index contributed by atoms with van der Waals surface area (Å²) in [4.78, 5) is 66.6. The van der Waals surface area contributed by atoms with Crippen LogP contribution in [-0.2, 0) is 39.2 Å². The molecule has 18 heteroatoms. The second kappa shape index (κ2) is 32.6. The maximum atomic E-state index is 13.2. The van der Waals surface area contributed by atoms with Gasteiger partial charge in [0.2, 0.25) is 5.91 Å². The number of phosphoric acid groups is 1. The topological polar surface area (TPSA) is 213 Å². The van der Waals surface area contributed by atoms with Crippen LogP contribution in [0.1, 0.15) is 108 Å². The molecule has 0 aromatic heterocycles. The Hall–Kier alpha value is -2.99. The maximum Gasteiger partial charge on any atom is 0.317 e. The van der Waals surface area contributed by atoms with Crippen LogP contribution in [0.2, 0.25) is 0 Å². The summed E-state index contributed by atoms with van der Waals surface area (Å²) < 4.78 is 22.4. The normalized spacial score (nSPS) is 16.5. The number of nitrogens with one attached hydrogen (secondary N) is 1. The van der Waals surface area contributed by atoms with Crippen LogP contribution in [0.15, 0.2) is 24.3 Å². The van der Waals surface area contributed by atoms with Crippen LogP contribution in [0.4, 0.5) is 5.69 Å². The van der Waals surface area contributed by atoms with Gasteiger partial charge in [0, 0.05) is 58.0 Å². The van der Waals surface area contributed by atoms with Gasteiger partial charge in [-0.15, -0.1) is 0 Å². The number of aliphatic carboxylic acids is 3. The summed E-state index contributed by atoms with van der Waals surface area (Å²) in [5.74, 6) is -3.20. The molecule has 0 bridgehead atoms. The van der Waals surface area contributed by atoms with Crippen LogP contribution in [0.3, 0.4) is 0 Å². The van der Waals surface area contributed by atoms with E-state index in [1.807, 2.05) is 50.3 Å². The summed E-state index contributed by atoms with van der Waals surface area (Å²) in [6, 6.07) is 7.93. The number of amides is 1. The van der Waals surface area contributed by atoms with Gasteiger partial charge in [-0.2, -0.15) is 0 Å². The van der Waals surface area contributed by atoms with Gasteiger partial charge in [-0.25, -0.2) is 0 Å². The lowest BCUT2D eigenvalue weighted by molar-refractivity contribution is -0.870. The van der Waals surface area contributed by atoms with Crippen LogP contribution in [-0.4, -0.2) is 183 Å². The predicted octanol–water partition coefficient (Wildman–Crippen LogP) is 5.09. The molecule has 0 saturated carbocycles. The molecule has 63 heavy (non-hydrogen) atoms. The van der Waals surface area contributed by atoms with Crippen molar-refractivity contribution in [1.82, 2.24) is 19.6 Å². The summed E-state index contributed by atoms with van der Waals surface area (Å²) in [6.45, 7) is 3.10. The van der Waals surface area contributed by atoms with Crippen molar-refractivity contribution in [3.05, 3.63) is 29.8 Å². The molecule has 4 N–H and O–H groups in total. The molecule has 0 aliphatic carbocycles. The Bertz CT molecular complexity index is 1450. The van der Waals surface area contributed by atoms with E-state index in [4.69, 9.17) is 9.05 Å². The highest BCUT2D eigenvalue weighted by Gasteiger charge is 2.21. The zero-order valence-corrected chi connectivity index (χ0v) is 39.6. The van der Waals surface area contributed by atoms with Gasteiger partial charge in [0.15, 0.2) is 0 Å². The number of nitrogens with zero attached hydrogens (tertiary/aromatic N) is 5. The number of phosphoric ester groups is 1. The van der Waals surface area contributed by atoms with Crippen molar-refractivity contribution in [2.75, 3.05) is 125 Å². The number of rotatable bonds is 33. The van der Waals surface area contributed by atoms with E-state index in [2.05, 4.69) is 5.32 Å². The van der Waals surface area contributed by atoms with E-state index in [1.54, 1.807) is 14.7 Å². The number of carboxylic acid groups (broad SMARTS) is 3. The third-order valence-corrected chi connectivity index (χ3v) is 12.2. The summed E-state index contributed by atoms with van der Waals surface area (Å²) in [5, 5.41) is 31.3. The number of likely N-dealkylation sites (N-methyl/N-ethyl adjacent to an activating group) is 1. The summed E-state index contributed by atoms with van der Waals surface area (Å²) in [5.41, 5.74) is 1.92. The lowest BCUT2D eigenvalue weighted by Crippen LogP contribution is -2.49. The van der Waals surface area contributed by atoms with E-state index < -0.39 is 25.7 Å². The van der Waals surface area contributed by atoms with Gasteiger partial charge in [0.05, 0.1) is 53.9 Å². The Kier molecular flexibility index (Phi) is 29.1. The molecule has 1 aromatic carbocycles. The number of unbranched alkanes of at least 4 members (excludes halogenated alkanes) is 15. The molecule has 0 radical (unpaired) electrons. The number of quaternary nitrogens is 1. The zero-order chi connectivity index (χ0) is 46.4. The van der Waals surface area contributed by atoms with Crippen molar-refractivity contribution < 1.29 is 57.5 Å². The van der Waals surface area contributed by atoms with Gasteiger partial charge in [0.25, 0.3) is 7.82 Å². The smallest absolute Gasteiger partial charge is 0.317 e. The molecule has 362 valence electrons. The average Bonchev–Trinajstić information content (AvgIpc) is 3.19. The molecule has 1 atom stereocenters. The Morgan fingerprint density at radius 1 is 0.556 bits per heavy atom. The first-order chi connectivity index (χ1) is 30.0. The fourth-order valence-corrected chi connectivity index (χ4v) is 8.22. The molecular formula is C45H81N6O11P. The second-order valence-electron chi connectivity index (χ2n) is 18.1. The van der Waals surface area contributed by atoms with Crippen molar-refractivity contribution >= 4 is 37.3 Å². The third-order valence-electron chi connectivity index (χ3n) is 11.2. The number of carbonyl (C=O) groups is 4. The monoisotopic (exact) mass is 913 g/mol. The highest BCUT2D eigenvalue weighted by molar-refractivity contribution is 7.45. The van der Waals surface area contributed by atoms with Gasteiger partial charge in [-0.3, -0.25) is 43.3 Å². The minimum absolute atomic E-state index is 0.0580. The number of hydrogen-bond acceptors (Lipinski definition) is 12. The molecule has 1 aliphatic heterocycles. The number of carboxylic acids is 3. The summed E-state index contributed by atoms with van der Waals surface area (Å²) >= 11 is 0. The van der Waals surface area contributed by atoms with Gasteiger partial charge < -0.3 is 39.1 Å². The lowest BCUT2D eigenvalue weighted by Gasteiger charge is -2.32. The highest BCUT2D eigenvalue weighted by Crippen LogP contribution is 2.38. The molecule has 2 rings (SSSR count). The first-order valence-electron chi connectivity index (χ1n) is 23.3. The second-order valence-corrected chi connectivity index (χ2v) is 19.5. The van der Waals surface area contributed by atoms with E-state index >= 15 is 0 Å². The van der Waals surface area contributed by atoms with Crippen molar-refractivity contribution in [3.8, 4) is 0 Å². The van der Waals surface area contributed by atoms with Crippen molar-refractivity contribution in [1.29, 1.82) is 0 Å². The molecule has 1 aliphatic rings. The predicted molar refractivity (Wildman–Crippen MR) is 244 cm³/mol. The Morgan fingerprint density at radius 2 is 0.889 bits per heavy atom. The fraction of sp³-hybridized carbons (Fsp3) is 0.778. The molecule has 0 spiro atoms. The highest BCUT2D eigenvalue weighted by atomic mass is 31.2. The molecule has 1 fully saturated rings. The van der Waals surface area contributed by atoms with E-state index in [9.17, 15) is 44.0 Å². The largest absolute Gasteiger partial charge is 0.756 e. The molecule has 1 heterocycles. The van der Waals surface area contributed by atoms with Gasteiger partial charge in [0.1, 0.15) is 13.2 Å². The summed E-state index contributed by atoms with van der Waals surface area (Å²) in [6.07, 6.45) is 20.1. The Labute approximate surface area is 377 Å². The maximum absolute atomic E-state index is 13.2. The van der Waals surface area contributed by atoms with Crippen LogP contribution in [0.25, 0.3) is 0 Å². The molecule has 1 aromatic rings. The van der Waals surface area contributed by atoms with Crippen LogP contribution in [0.5, 0.6) is 0 Å². The molecule has 17 nitrogen and oxygen atoms in total. The molecule has 1 unspecified atom stereocenters. The summed E-state index contributed by atoms with van der Waals surface area (Å²) in [7, 11) is 1.75. The first kappa shape index (κ1) is 56.1. The van der Waals surface area contributed by atoms with Crippen molar-refractivity contribution in [2.45, 2.75) is 109 Å². The minimum atomic E-state index is -4.20. The Balaban J connectivity index is 1.56. The fourth-order valence-electron chi connectivity index (χ4n) is 7.49. The quantitative estimate of drug-likeness (QED) is 0.0411. The van der Waals surface area contributed by atoms with Crippen LogP contribution >= 0.6 is 7.82 Å². The zero-order valence-electron chi connectivity index (χ0n) is 38.7. The molecular weight excluding hydrogens is 831 g/mol. The van der Waals surface area contributed by atoms with E-state index in [1.165, 1.54) is 82.6 Å².